The first-order valence-electron chi connectivity index (χ1n) is 9.38. The van der Waals surface area contributed by atoms with Gasteiger partial charge in [-0.25, -0.2) is 14.4 Å². The number of pyridine rings is 1. The van der Waals surface area contributed by atoms with Crippen LogP contribution in [0.5, 0.6) is 0 Å². The van der Waals surface area contributed by atoms with Crippen LogP contribution in [0.2, 0.25) is 0 Å². The summed E-state index contributed by atoms with van der Waals surface area (Å²) in [5, 5.41) is 9.24. The van der Waals surface area contributed by atoms with Gasteiger partial charge in [-0.15, -0.1) is 0 Å². The Bertz CT molecular complexity index is 1170. The average molecular weight is 487 g/mol. The number of nitriles is 1. The van der Waals surface area contributed by atoms with Crippen molar-refractivity contribution in [2.45, 2.75) is 26.2 Å². The van der Waals surface area contributed by atoms with Crippen LogP contribution in [-0.4, -0.2) is 23.1 Å². The molecule has 0 aliphatic heterocycles. The van der Waals surface area contributed by atoms with Gasteiger partial charge in [0, 0.05) is 17.9 Å². The summed E-state index contributed by atoms with van der Waals surface area (Å²) >= 11 is 0. The Morgan fingerprint density at radius 2 is 1.76 bits per heavy atom. The Kier molecular flexibility index (Phi) is 7.66. The van der Waals surface area contributed by atoms with Gasteiger partial charge in [0.05, 0.1) is 5.56 Å². The fraction of sp³-hybridized carbons (Fsp3) is 0.238. The number of nitrogens with zero attached hydrogens (tertiary/aromatic N) is 4. The van der Waals surface area contributed by atoms with Crippen LogP contribution >= 0.6 is 0 Å². The topological polar surface area (TPSA) is 95.4 Å². The molecule has 1 heterocycles. The van der Waals surface area contributed by atoms with Crippen LogP contribution in [0.25, 0.3) is 0 Å². The summed E-state index contributed by atoms with van der Waals surface area (Å²) in [6.07, 6.45) is -9.73. The van der Waals surface area contributed by atoms with Gasteiger partial charge in [-0.1, -0.05) is 0 Å². The lowest BCUT2D eigenvalue weighted by atomic mass is 10.1. The fourth-order valence-electron chi connectivity index (χ4n) is 2.77. The first-order chi connectivity index (χ1) is 15.7. The zero-order chi connectivity index (χ0) is 25.8. The largest absolute Gasteiger partial charge is 0.433 e. The van der Waals surface area contributed by atoms with E-state index in [-0.39, 0.29) is 24.0 Å². The molecule has 1 amide bonds. The van der Waals surface area contributed by atoms with Gasteiger partial charge in [0.25, 0.3) is 5.91 Å². The van der Waals surface area contributed by atoms with E-state index in [9.17, 15) is 40.8 Å². The third kappa shape index (κ3) is 6.09. The molecule has 6 nitrogen and oxygen atoms in total. The summed E-state index contributed by atoms with van der Waals surface area (Å²) in [6, 6.07) is 5.41. The standard InChI is InChI=1S/C21H16F7N5O/c1-3-33(13-6-4-12(22)5-7-13)19(34)16(8-11(2)30)31-18-14(10-29)15(20(23,24)25)9-17(32-18)21(26,27)28/h4-9H,3,30H2,1-2H3. The number of amides is 1. The quantitative estimate of drug-likeness (QED) is 0.468. The van der Waals surface area contributed by atoms with E-state index in [0.29, 0.717) is 0 Å². The third-order valence-corrected chi connectivity index (χ3v) is 4.22. The molecule has 1 aromatic carbocycles. The van der Waals surface area contributed by atoms with Crippen LogP contribution in [0.1, 0.15) is 30.7 Å². The first kappa shape index (κ1) is 26.3. The molecule has 0 fully saturated rings. The predicted octanol–water partition coefficient (Wildman–Crippen LogP) is 5.12. The summed E-state index contributed by atoms with van der Waals surface area (Å²) in [5.41, 5.74) is -0.201. The molecule has 13 heteroatoms. The van der Waals surface area contributed by atoms with Gasteiger partial charge in [0.15, 0.2) is 5.82 Å². The number of benzene rings is 1. The lowest BCUT2D eigenvalue weighted by Gasteiger charge is -2.21. The molecule has 0 radical (unpaired) electrons. The van der Waals surface area contributed by atoms with Gasteiger partial charge in [-0.3, -0.25) is 4.79 Å². The number of alkyl halides is 6. The summed E-state index contributed by atoms with van der Waals surface area (Å²) < 4.78 is 93.1. The zero-order valence-corrected chi connectivity index (χ0v) is 17.6. The van der Waals surface area contributed by atoms with Gasteiger partial charge in [0.2, 0.25) is 0 Å². The van der Waals surface area contributed by atoms with E-state index in [1.165, 1.54) is 26.0 Å². The minimum atomic E-state index is -5.34. The van der Waals surface area contributed by atoms with Crippen molar-refractivity contribution in [2.75, 3.05) is 11.4 Å². The number of carbonyl (C=O) groups is 1. The van der Waals surface area contributed by atoms with Crippen LogP contribution in [0.3, 0.4) is 0 Å². The Balaban J connectivity index is 2.80. The molecule has 0 atom stereocenters. The molecule has 2 N–H and O–H groups in total. The Morgan fingerprint density at radius 3 is 2.21 bits per heavy atom. The van der Waals surface area contributed by atoms with Crippen molar-refractivity contribution < 1.29 is 35.5 Å². The monoisotopic (exact) mass is 487 g/mol. The van der Waals surface area contributed by atoms with Crippen molar-refractivity contribution in [1.82, 2.24) is 4.98 Å². The second kappa shape index (κ2) is 9.90. The molecular formula is C21H16F7N5O. The number of anilines is 1. The SMILES string of the molecule is CCN(C(=O)C(C=C(C)N)=Nc1nc(C(F)(F)F)cc(C(F)(F)F)c1C#N)c1ccc(F)cc1. The number of hydrogen-bond donors (Lipinski definition) is 1. The molecule has 180 valence electrons. The van der Waals surface area contributed by atoms with Gasteiger partial charge >= 0.3 is 12.4 Å². The molecule has 1 aromatic heterocycles. The van der Waals surface area contributed by atoms with Gasteiger partial charge in [-0.05, 0) is 50.3 Å². The van der Waals surface area contributed by atoms with E-state index in [0.717, 1.165) is 29.2 Å². The number of carbonyl (C=O) groups excluding carboxylic acids is 1. The van der Waals surface area contributed by atoms with Crippen molar-refractivity contribution in [2.24, 2.45) is 10.7 Å². The molecule has 34 heavy (non-hydrogen) atoms. The van der Waals surface area contributed by atoms with Gasteiger partial charge < -0.3 is 10.6 Å². The molecule has 0 spiro atoms. The molecule has 2 aromatic rings. The second-order valence-corrected chi connectivity index (χ2v) is 6.77. The Labute approximate surface area is 188 Å². The van der Waals surface area contributed by atoms with Gasteiger partial charge in [0.1, 0.15) is 28.9 Å². The number of halogens is 7. The van der Waals surface area contributed by atoms with Crippen LogP contribution in [0, 0.1) is 17.1 Å². The van der Waals surface area contributed by atoms with Crippen molar-refractivity contribution in [3.63, 3.8) is 0 Å². The number of nitrogens with two attached hydrogens (primary N) is 1. The summed E-state index contributed by atoms with van der Waals surface area (Å²) in [6.45, 7) is 2.78. The number of rotatable bonds is 5. The summed E-state index contributed by atoms with van der Waals surface area (Å²) in [5.74, 6) is -2.86. The highest BCUT2D eigenvalue weighted by molar-refractivity contribution is 6.48. The molecule has 0 aliphatic rings. The first-order valence-corrected chi connectivity index (χ1v) is 9.38. The number of allylic oxidation sites excluding steroid dienone is 1. The van der Waals surface area contributed by atoms with E-state index in [2.05, 4.69) is 9.98 Å². The minimum absolute atomic E-state index is 0.0319. The lowest BCUT2D eigenvalue weighted by Crippen LogP contribution is -2.36. The molecule has 0 saturated heterocycles. The summed E-state index contributed by atoms with van der Waals surface area (Å²) in [4.78, 5) is 20.8. The Morgan fingerprint density at radius 1 is 1.18 bits per heavy atom. The highest BCUT2D eigenvalue weighted by atomic mass is 19.4. The number of hydrogen-bond acceptors (Lipinski definition) is 5. The molecule has 0 unspecified atom stereocenters. The van der Waals surface area contributed by atoms with Gasteiger partial charge in [-0.2, -0.15) is 31.6 Å². The minimum Gasteiger partial charge on any atom is -0.402 e. The van der Waals surface area contributed by atoms with Crippen LogP contribution in [0.15, 0.2) is 47.1 Å². The third-order valence-electron chi connectivity index (χ3n) is 4.22. The average Bonchev–Trinajstić information content (AvgIpc) is 2.72. The van der Waals surface area contributed by atoms with Crippen molar-refractivity contribution in [3.8, 4) is 6.07 Å². The molecule has 0 bridgehead atoms. The van der Waals surface area contributed by atoms with E-state index in [1.807, 2.05) is 0 Å². The highest BCUT2D eigenvalue weighted by Crippen LogP contribution is 2.39. The molecule has 0 saturated carbocycles. The fourth-order valence-corrected chi connectivity index (χ4v) is 2.77. The number of aliphatic imine (C=N–C) groups is 1. The van der Waals surface area contributed by atoms with Crippen LogP contribution in [0.4, 0.5) is 42.2 Å². The van der Waals surface area contributed by atoms with E-state index in [1.54, 1.807) is 0 Å². The van der Waals surface area contributed by atoms with Crippen LogP contribution < -0.4 is 10.6 Å². The van der Waals surface area contributed by atoms with Crippen molar-refractivity contribution in [1.29, 1.82) is 5.26 Å². The lowest BCUT2D eigenvalue weighted by molar-refractivity contribution is -0.145. The van der Waals surface area contributed by atoms with E-state index >= 15 is 0 Å². The molecule has 0 aliphatic carbocycles. The number of aromatic nitrogens is 1. The molecule has 2 rings (SSSR count). The highest BCUT2D eigenvalue weighted by Gasteiger charge is 2.41. The zero-order valence-electron chi connectivity index (χ0n) is 17.6. The van der Waals surface area contributed by atoms with Crippen LogP contribution in [-0.2, 0) is 17.1 Å². The normalized spacial score (nSPS) is 12.9. The van der Waals surface area contributed by atoms with Crippen molar-refractivity contribution in [3.05, 3.63) is 64.7 Å². The van der Waals surface area contributed by atoms with E-state index < -0.39 is 52.4 Å². The summed E-state index contributed by atoms with van der Waals surface area (Å²) in [7, 11) is 0. The van der Waals surface area contributed by atoms with Crippen molar-refractivity contribution >= 4 is 23.1 Å². The smallest absolute Gasteiger partial charge is 0.402 e. The maximum absolute atomic E-state index is 13.4. The second-order valence-electron chi connectivity index (χ2n) is 6.77. The predicted molar refractivity (Wildman–Crippen MR) is 108 cm³/mol. The maximum atomic E-state index is 13.4. The Hall–Kier alpha value is -3.95. The molecular weight excluding hydrogens is 471 g/mol. The van der Waals surface area contributed by atoms with E-state index in [4.69, 9.17) is 5.73 Å². The maximum Gasteiger partial charge on any atom is 0.433 e.